The number of para-hydroxylation sites is 1. The monoisotopic (exact) mass is 427 g/mol. The van der Waals surface area contributed by atoms with Crippen LogP contribution in [0.5, 0.6) is 11.5 Å². The van der Waals surface area contributed by atoms with Gasteiger partial charge in [0, 0.05) is 29.9 Å². The van der Waals surface area contributed by atoms with Crippen molar-refractivity contribution in [3.8, 4) is 11.5 Å². The number of fused-ring (bicyclic) bond motifs is 1. The molecule has 0 spiro atoms. The summed E-state index contributed by atoms with van der Waals surface area (Å²) < 4.78 is 13.9. The van der Waals surface area contributed by atoms with Gasteiger partial charge in [-0.2, -0.15) is 0 Å². The molecular weight excluding hydrogens is 398 g/mol. The van der Waals surface area contributed by atoms with Crippen molar-refractivity contribution in [2.75, 3.05) is 13.7 Å². The van der Waals surface area contributed by atoms with Gasteiger partial charge in [-0.3, -0.25) is 4.40 Å². The number of nitrogens with zero attached hydrogens (tertiary/aromatic N) is 3. The maximum atomic E-state index is 6.33. The van der Waals surface area contributed by atoms with Crippen molar-refractivity contribution in [2.45, 2.75) is 51.8 Å². The van der Waals surface area contributed by atoms with E-state index in [1.54, 1.807) is 18.4 Å². The molecule has 0 unspecified atom stereocenters. The number of rotatable bonds is 8. The zero-order valence-corrected chi connectivity index (χ0v) is 18.4. The molecule has 1 saturated carbocycles. The predicted octanol–water partition coefficient (Wildman–Crippen LogP) is 3.98. The van der Waals surface area contributed by atoms with E-state index in [1.165, 1.54) is 12.8 Å². The summed E-state index contributed by atoms with van der Waals surface area (Å²) >= 11 is 1.63. The van der Waals surface area contributed by atoms with Crippen LogP contribution < -0.4 is 20.1 Å². The summed E-state index contributed by atoms with van der Waals surface area (Å²) in [6.07, 6.45) is 8.99. The molecule has 30 heavy (non-hydrogen) atoms. The summed E-state index contributed by atoms with van der Waals surface area (Å²) in [6, 6.07) is 6.00. The number of imidazole rings is 1. The molecule has 160 valence electrons. The normalized spacial score (nSPS) is 14.9. The van der Waals surface area contributed by atoms with Crippen molar-refractivity contribution < 1.29 is 9.47 Å². The Labute approximate surface area is 181 Å². The first-order chi connectivity index (χ1) is 14.8. The number of hydrogen-bond donors (Lipinski definition) is 2. The second kappa shape index (κ2) is 9.84. The molecule has 0 radical (unpaired) electrons. The van der Waals surface area contributed by atoms with Crippen LogP contribution in [0.2, 0.25) is 0 Å². The number of benzene rings is 1. The minimum Gasteiger partial charge on any atom is -0.493 e. The van der Waals surface area contributed by atoms with Crippen LogP contribution in [0, 0.1) is 0 Å². The molecule has 1 fully saturated rings. The lowest BCUT2D eigenvalue weighted by molar-refractivity contribution is 0.198. The molecule has 2 N–H and O–H groups in total. The Morgan fingerprint density at radius 3 is 2.93 bits per heavy atom. The highest BCUT2D eigenvalue weighted by Crippen LogP contribution is 2.35. The van der Waals surface area contributed by atoms with Gasteiger partial charge in [0.25, 0.3) is 0 Å². The average Bonchev–Trinajstić information content (AvgIpc) is 3.49. The summed E-state index contributed by atoms with van der Waals surface area (Å²) in [5, 5.41) is 8.71. The second-order valence-corrected chi connectivity index (χ2v) is 8.22. The fourth-order valence-electron chi connectivity index (χ4n) is 3.69. The van der Waals surface area contributed by atoms with Gasteiger partial charge in [0.1, 0.15) is 0 Å². The lowest BCUT2D eigenvalue weighted by atomic mass is 10.1. The summed E-state index contributed by atoms with van der Waals surface area (Å²) in [5.41, 5.74) is 2.01. The molecule has 4 rings (SSSR count). The maximum absolute atomic E-state index is 6.33. The zero-order chi connectivity index (χ0) is 20.8. The van der Waals surface area contributed by atoms with Crippen LogP contribution in [0.15, 0.2) is 41.0 Å². The van der Waals surface area contributed by atoms with Crippen molar-refractivity contribution in [1.82, 2.24) is 20.0 Å². The van der Waals surface area contributed by atoms with E-state index in [0.717, 1.165) is 53.1 Å². The van der Waals surface area contributed by atoms with E-state index in [2.05, 4.69) is 28.6 Å². The van der Waals surface area contributed by atoms with Crippen LogP contribution >= 0.6 is 11.3 Å². The second-order valence-electron chi connectivity index (χ2n) is 7.35. The molecule has 2 heterocycles. The Morgan fingerprint density at radius 1 is 1.30 bits per heavy atom. The topological polar surface area (TPSA) is 72.2 Å². The number of thiazole rings is 1. The Hall–Kier alpha value is -2.74. The molecule has 0 atom stereocenters. The third-order valence-corrected chi connectivity index (χ3v) is 5.97. The van der Waals surface area contributed by atoms with E-state index < -0.39 is 0 Å². The Balaban J connectivity index is 1.46. The molecule has 3 aromatic rings. The number of hydrogen-bond acceptors (Lipinski definition) is 5. The highest BCUT2D eigenvalue weighted by molar-refractivity contribution is 7.15. The minimum absolute atomic E-state index is 0.269. The van der Waals surface area contributed by atoms with Gasteiger partial charge in [-0.25, -0.2) is 9.98 Å². The molecule has 7 nitrogen and oxygen atoms in total. The van der Waals surface area contributed by atoms with Crippen LogP contribution in [-0.4, -0.2) is 35.1 Å². The first-order valence-electron chi connectivity index (χ1n) is 10.5. The van der Waals surface area contributed by atoms with Crippen LogP contribution in [0.3, 0.4) is 0 Å². The molecule has 0 aliphatic heterocycles. The number of aromatic nitrogens is 2. The van der Waals surface area contributed by atoms with Gasteiger partial charge in [0.15, 0.2) is 22.4 Å². The number of ether oxygens (including phenoxy) is 2. The zero-order valence-electron chi connectivity index (χ0n) is 17.6. The SMILES string of the molecule is CCNC(=NCc1cccc(OC)c1OC1CCCC1)NCc1cn2ccsc2n1. The standard InChI is InChI=1S/C22H29N5O2S/c1-3-23-21(25-14-17-15-27-11-12-30-22(27)26-17)24-13-16-7-6-10-19(28-2)20(16)29-18-8-4-5-9-18/h6-7,10-12,15,18H,3-5,8-9,13-14H2,1-2H3,(H2,23,24,25). The molecule has 8 heteroatoms. The molecule has 1 aliphatic rings. The molecular formula is C22H29N5O2S. The van der Waals surface area contributed by atoms with Crippen molar-refractivity contribution in [2.24, 2.45) is 4.99 Å². The van der Waals surface area contributed by atoms with E-state index in [9.17, 15) is 0 Å². The summed E-state index contributed by atoms with van der Waals surface area (Å²) in [4.78, 5) is 10.4. The van der Waals surface area contributed by atoms with E-state index >= 15 is 0 Å². The van der Waals surface area contributed by atoms with Crippen molar-refractivity contribution in [3.63, 3.8) is 0 Å². The number of methoxy groups -OCH3 is 1. The smallest absolute Gasteiger partial charge is 0.193 e. The molecule has 2 aromatic heterocycles. The van der Waals surface area contributed by atoms with E-state index in [-0.39, 0.29) is 6.10 Å². The third-order valence-electron chi connectivity index (χ3n) is 5.20. The third kappa shape index (κ3) is 4.87. The Bertz CT molecular complexity index is 962. The van der Waals surface area contributed by atoms with Crippen LogP contribution in [-0.2, 0) is 13.1 Å². The van der Waals surface area contributed by atoms with Gasteiger partial charge in [-0.05, 0) is 38.7 Å². The lowest BCUT2D eigenvalue weighted by Crippen LogP contribution is -2.36. The van der Waals surface area contributed by atoms with E-state index in [4.69, 9.17) is 14.5 Å². The molecule has 0 saturated heterocycles. The maximum Gasteiger partial charge on any atom is 0.193 e. The molecule has 1 aliphatic carbocycles. The first kappa shape index (κ1) is 20.5. The molecule has 1 aromatic carbocycles. The van der Waals surface area contributed by atoms with Crippen molar-refractivity contribution in [1.29, 1.82) is 0 Å². The van der Waals surface area contributed by atoms with Crippen molar-refractivity contribution >= 4 is 22.3 Å². The average molecular weight is 428 g/mol. The van der Waals surface area contributed by atoms with Gasteiger partial charge in [0.2, 0.25) is 0 Å². The van der Waals surface area contributed by atoms with Gasteiger partial charge in [-0.1, -0.05) is 12.1 Å². The number of guanidine groups is 1. The van der Waals surface area contributed by atoms with Crippen LogP contribution in [0.4, 0.5) is 0 Å². The van der Waals surface area contributed by atoms with Crippen LogP contribution in [0.25, 0.3) is 4.96 Å². The highest BCUT2D eigenvalue weighted by atomic mass is 32.1. The summed E-state index contributed by atoms with van der Waals surface area (Å²) in [6.45, 7) is 3.97. The van der Waals surface area contributed by atoms with Crippen LogP contribution in [0.1, 0.15) is 43.9 Å². The highest BCUT2D eigenvalue weighted by Gasteiger charge is 2.20. The number of nitrogens with one attached hydrogen (secondary N) is 2. The quantitative estimate of drug-likeness (QED) is 0.420. The van der Waals surface area contributed by atoms with Gasteiger partial charge >= 0.3 is 0 Å². The summed E-state index contributed by atoms with van der Waals surface area (Å²) in [5.74, 6) is 2.34. The van der Waals surface area contributed by atoms with Gasteiger partial charge < -0.3 is 20.1 Å². The Kier molecular flexibility index (Phi) is 6.74. The van der Waals surface area contributed by atoms with Gasteiger partial charge in [-0.15, -0.1) is 11.3 Å². The minimum atomic E-state index is 0.269. The lowest BCUT2D eigenvalue weighted by Gasteiger charge is -2.19. The van der Waals surface area contributed by atoms with E-state index in [1.807, 2.05) is 34.3 Å². The van der Waals surface area contributed by atoms with E-state index in [0.29, 0.717) is 13.1 Å². The fourth-order valence-corrected chi connectivity index (χ4v) is 4.41. The Morgan fingerprint density at radius 2 is 2.17 bits per heavy atom. The number of aliphatic imine (C=N–C) groups is 1. The molecule has 0 bridgehead atoms. The summed E-state index contributed by atoms with van der Waals surface area (Å²) in [7, 11) is 1.69. The fraction of sp³-hybridized carbons (Fsp3) is 0.455. The largest absolute Gasteiger partial charge is 0.493 e. The first-order valence-corrected chi connectivity index (χ1v) is 11.4. The predicted molar refractivity (Wildman–Crippen MR) is 121 cm³/mol. The molecule has 0 amide bonds. The van der Waals surface area contributed by atoms with Crippen molar-refractivity contribution in [3.05, 3.63) is 47.2 Å². The van der Waals surface area contributed by atoms with Gasteiger partial charge in [0.05, 0.1) is 32.0 Å².